The van der Waals surface area contributed by atoms with Crippen LogP contribution in [0.1, 0.15) is 23.3 Å². The molecule has 2 aliphatic rings. The quantitative estimate of drug-likeness (QED) is 0.859. The van der Waals surface area contributed by atoms with Crippen LogP contribution in [0.3, 0.4) is 0 Å². The molecule has 3 heterocycles. The summed E-state index contributed by atoms with van der Waals surface area (Å²) < 4.78 is 0. The highest BCUT2D eigenvalue weighted by molar-refractivity contribution is 5.95. The van der Waals surface area contributed by atoms with Gasteiger partial charge in [-0.2, -0.15) is 0 Å². The fourth-order valence-corrected chi connectivity index (χ4v) is 4.28. The summed E-state index contributed by atoms with van der Waals surface area (Å²) in [5, 5.41) is 14.2. The molecular formula is C19H24ClN3O2. The summed E-state index contributed by atoms with van der Waals surface area (Å²) in [4.78, 5) is 19.4. The lowest BCUT2D eigenvalue weighted by molar-refractivity contribution is 0.0750. The van der Waals surface area contributed by atoms with Crippen LogP contribution in [0, 0.1) is 11.3 Å². The number of halogens is 1. The highest BCUT2D eigenvalue weighted by Crippen LogP contribution is 2.43. The standard InChI is InChI=1S/C19H23N3O2.ClH/c23-12-15-11-22(13-19(15)7-9-20-10-8-19)18(24)17-6-5-14-3-1-2-4-16(14)21-17;/h1-6,15,20,23H,7-13H2;1H. The average Bonchev–Trinajstić information content (AvgIpc) is 2.99. The second-order valence-corrected chi connectivity index (χ2v) is 7.07. The third-order valence-corrected chi connectivity index (χ3v) is 5.74. The van der Waals surface area contributed by atoms with E-state index in [1.54, 1.807) is 0 Å². The number of nitrogens with one attached hydrogen (secondary N) is 1. The molecule has 0 aliphatic carbocycles. The monoisotopic (exact) mass is 361 g/mol. The molecule has 0 saturated carbocycles. The Morgan fingerprint density at radius 3 is 2.76 bits per heavy atom. The highest BCUT2D eigenvalue weighted by Gasteiger charge is 2.48. The smallest absolute Gasteiger partial charge is 0.272 e. The molecule has 0 radical (unpaired) electrons. The lowest BCUT2D eigenvalue weighted by atomic mass is 9.71. The van der Waals surface area contributed by atoms with Crippen LogP contribution in [0.25, 0.3) is 10.9 Å². The van der Waals surface area contributed by atoms with Crippen molar-refractivity contribution in [3.05, 3.63) is 42.1 Å². The topological polar surface area (TPSA) is 65.5 Å². The fraction of sp³-hybridized carbons (Fsp3) is 0.474. The number of para-hydroxylation sites is 1. The Labute approximate surface area is 153 Å². The predicted molar refractivity (Wildman–Crippen MR) is 100 cm³/mol. The molecule has 25 heavy (non-hydrogen) atoms. The van der Waals surface area contributed by atoms with Gasteiger partial charge in [0.1, 0.15) is 5.69 Å². The van der Waals surface area contributed by atoms with Crippen molar-refractivity contribution < 1.29 is 9.90 Å². The van der Waals surface area contributed by atoms with E-state index in [0.717, 1.165) is 43.4 Å². The second-order valence-electron chi connectivity index (χ2n) is 7.07. The molecule has 0 bridgehead atoms. The first-order chi connectivity index (χ1) is 11.7. The minimum absolute atomic E-state index is 0. The van der Waals surface area contributed by atoms with Crippen LogP contribution in [0.5, 0.6) is 0 Å². The van der Waals surface area contributed by atoms with Crippen molar-refractivity contribution in [3.63, 3.8) is 0 Å². The van der Waals surface area contributed by atoms with Gasteiger partial charge in [-0.15, -0.1) is 12.4 Å². The van der Waals surface area contributed by atoms with Crippen LogP contribution in [-0.4, -0.2) is 53.7 Å². The van der Waals surface area contributed by atoms with Gasteiger partial charge >= 0.3 is 0 Å². The zero-order valence-corrected chi connectivity index (χ0v) is 15.0. The summed E-state index contributed by atoms with van der Waals surface area (Å²) in [5.74, 6) is 0.151. The number of carbonyl (C=O) groups excluding carboxylic acids is 1. The van der Waals surface area contributed by atoms with Crippen molar-refractivity contribution in [1.29, 1.82) is 0 Å². The molecule has 1 unspecified atom stereocenters. The predicted octanol–water partition coefficient (Wildman–Crippen LogP) is 2.09. The largest absolute Gasteiger partial charge is 0.396 e. The van der Waals surface area contributed by atoms with Crippen LogP contribution in [0.2, 0.25) is 0 Å². The number of rotatable bonds is 2. The number of aliphatic hydroxyl groups is 1. The van der Waals surface area contributed by atoms with Gasteiger partial charge in [0.15, 0.2) is 0 Å². The number of piperidine rings is 1. The Morgan fingerprint density at radius 2 is 2.00 bits per heavy atom. The van der Waals surface area contributed by atoms with Crippen LogP contribution in [0.4, 0.5) is 0 Å². The van der Waals surface area contributed by atoms with Crippen molar-refractivity contribution in [2.24, 2.45) is 11.3 Å². The number of amides is 1. The van der Waals surface area contributed by atoms with Crippen LogP contribution in [-0.2, 0) is 0 Å². The van der Waals surface area contributed by atoms with Crippen LogP contribution < -0.4 is 5.32 Å². The minimum Gasteiger partial charge on any atom is -0.396 e. The van der Waals surface area contributed by atoms with E-state index in [1.165, 1.54) is 0 Å². The molecule has 6 heteroatoms. The molecule has 2 saturated heterocycles. The van der Waals surface area contributed by atoms with E-state index >= 15 is 0 Å². The minimum atomic E-state index is -0.0189. The number of carbonyl (C=O) groups is 1. The SMILES string of the molecule is Cl.O=C(c1ccc2ccccc2n1)N1CC(CO)C2(CCNCC2)C1. The number of fused-ring (bicyclic) bond motifs is 1. The fourth-order valence-electron chi connectivity index (χ4n) is 4.28. The number of hydrogen-bond donors (Lipinski definition) is 2. The molecule has 1 aromatic heterocycles. The number of aromatic nitrogens is 1. The highest BCUT2D eigenvalue weighted by atomic mass is 35.5. The molecule has 2 aromatic rings. The maximum atomic E-state index is 12.9. The zero-order chi connectivity index (χ0) is 16.6. The molecule has 5 nitrogen and oxygen atoms in total. The van der Waals surface area contributed by atoms with Gasteiger partial charge in [0.05, 0.1) is 5.52 Å². The Balaban J connectivity index is 0.00000182. The Bertz CT molecular complexity index is 761. The summed E-state index contributed by atoms with van der Waals surface area (Å²) in [6.45, 7) is 3.44. The molecule has 1 aromatic carbocycles. The Morgan fingerprint density at radius 1 is 1.24 bits per heavy atom. The molecule has 1 spiro atoms. The number of nitrogens with zero attached hydrogens (tertiary/aromatic N) is 2. The Hall–Kier alpha value is -1.69. The van der Waals surface area contributed by atoms with Crippen LogP contribution in [0.15, 0.2) is 36.4 Å². The van der Waals surface area contributed by atoms with Gasteiger partial charge in [0.2, 0.25) is 0 Å². The van der Waals surface area contributed by atoms with E-state index < -0.39 is 0 Å². The number of aliphatic hydroxyl groups excluding tert-OH is 1. The van der Waals surface area contributed by atoms with Crippen molar-refractivity contribution in [2.75, 3.05) is 32.8 Å². The van der Waals surface area contributed by atoms with Gasteiger partial charge < -0.3 is 15.3 Å². The summed E-state index contributed by atoms with van der Waals surface area (Å²) in [7, 11) is 0. The van der Waals surface area contributed by atoms with Gasteiger partial charge in [0, 0.05) is 31.0 Å². The van der Waals surface area contributed by atoms with E-state index in [-0.39, 0.29) is 36.3 Å². The first-order valence-electron chi connectivity index (χ1n) is 8.68. The van der Waals surface area contributed by atoms with Gasteiger partial charge in [0.25, 0.3) is 5.91 Å². The number of pyridine rings is 1. The lowest BCUT2D eigenvalue weighted by Crippen LogP contribution is -2.43. The number of benzene rings is 1. The maximum absolute atomic E-state index is 12.9. The summed E-state index contributed by atoms with van der Waals surface area (Å²) >= 11 is 0. The van der Waals surface area contributed by atoms with Crippen molar-refractivity contribution >= 4 is 29.2 Å². The van der Waals surface area contributed by atoms with E-state index in [9.17, 15) is 9.90 Å². The summed E-state index contributed by atoms with van der Waals surface area (Å²) in [6.07, 6.45) is 2.04. The number of hydrogen-bond acceptors (Lipinski definition) is 4. The van der Waals surface area contributed by atoms with Gasteiger partial charge in [-0.1, -0.05) is 24.3 Å². The maximum Gasteiger partial charge on any atom is 0.272 e. The van der Waals surface area contributed by atoms with Gasteiger partial charge in [-0.3, -0.25) is 4.79 Å². The summed E-state index contributed by atoms with van der Waals surface area (Å²) in [6, 6.07) is 11.6. The molecule has 2 aliphatic heterocycles. The van der Waals surface area contributed by atoms with E-state index in [0.29, 0.717) is 12.2 Å². The van der Waals surface area contributed by atoms with Crippen molar-refractivity contribution in [3.8, 4) is 0 Å². The van der Waals surface area contributed by atoms with Crippen molar-refractivity contribution in [1.82, 2.24) is 15.2 Å². The Kier molecular flexibility index (Phi) is 5.27. The van der Waals surface area contributed by atoms with E-state index in [2.05, 4.69) is 10.3 Å². The van der Waals surface area contributed by atoms with Gasteiger partial charge in [-0.25, -0.2) is 4.98 Å². The van der Waals surface area contributed by atoms with E-state index in [1.807, 2.05) is 41.3 Å². The first-order valence-corrected chi connectivity index (χ1v) is 8.68. The molecular weight excluding hydrogens is 338 g/mol. The first kappa shape index (κ1) is 18.1. The van der Waals surface area contributed by atoms with Crippen molar-refractivity contribution in [2.45, 2.75) is 12.8 Å². The second kappa shape index (κ2) is 7.28. The van der Waals surface area contributed by atoms with Crippen LogP contribution >= 0.6 is 12.4 Å². The number of likely N-dealkylation sites (tertiary alicyclic amines) is 1. The molecule has 1 amide bonds. The lowest BCUT2D eigenvalue weighted by Gasteiger charge is -2.37. The third kappa shape index (κ3) is 3.24. The third-order valence-electron chi connectivity index (χ3n) is 5.74. The normalized spacial score (nSPS) is 22.1. The molecule has 2 fully saturated rings. The molecule has 2 N–H and O–H groups in total. The molecule has 4 rings (SSSR count). The molecule has 134 valence electrons. The molecule has 1 atom stereocenters. The average molecular weight is 362 g/mol. The van der Waals surface area contributed by atoms with E-state index in [4.69, 9.17) is 0 Å². The zero-order valence-electron chi connectivity index (χ0n) is 14.1. The van der Waals surface area contributed by atoms with Gasteiger partial charge in [-0.05, 0) is 43.5 Å². The summed E-state index contributed by atoms with van der Waals surface area (Å²) in [5.41, 5.74) is 1.40.